The van der Waals surface area contributed by atoms with Crippen molar-refractivity contribution < 1.29 is 0 Å². The zero-order chi connectivity index (χ0) is 18.5. The fourth-order valence-corrected chi connectivity index (χ4v) is 3.38. The summed E-state index contributed by atoms with van der Waals surface area (Å²) in [4.78, 5) is 9.28. The lowest BCUT2D eigenvalue weighted by Crippen LogP contribution is -2.47. The first-order valence-corrected chi connectivity index (χ1v) is 9.43. The second-order valence-corrected chi connectivity index (χ2v) is 6.59. The fourth-order valence-electron chi connectivity index (χ4n) is 3.38. The summed E-state index contributed by atoms with van der Waals surface area (Å²) >= 11 is 0. The van der Waals surface area contributed by atoms with Gasteiger partial charge in [0.2, 0.25) is 5.95 Å². The minimum atomic E-state index is 0.682. The van der Waals surface area contributed by atoms with E-state index < -0.39 is 0 Å². The van der Waals surface area contributed by atoms with E-state index >= 15 is 0 Å². The SMILES string of the molecule is CCc1ccccc1Nc1cnnc(N2CCN(c3ccccc3)CC2)n1. The van der Waals surface area contributed by atoms with Gasteiger partial charge in [-0.05, 0) is 30.2 Å². The summed E-state index contributed by atoms with van der Waals surface area (Å²) in [5, 5.41) is 11.8. The summed E-state index contributed by atoms with van der Waals surface area (Å²) in [7, 11) is 0. The monoisotopic (exact) mass is 360 g/mol. The minimum absolute atomic E-state index is 0.682. The average molecular weight is 360 g/mol. The van der Waals surface area contributed by atoms with Gasteiger partial charge in [-0.2, -0.15) is 10.1 Å². The minimum Gasteiger partial charge on any atom is -0.368 e. The highest BCUT2D eigenvalue weighted by Gasteiger charge is 2.19. The Morgan fingerprint density at radius 3 is 2.37 bits per heavy atom. The summed E-state index contributed by atoms with van der Waals surface area (Å²) in [6, 6.07) is 18.8. The molecule has 2 aromatic carbocycles. The zero-order valence-corrected chi connectivity index (χ0v) is 15.5. The lowest BCUT2D eigenvalue weighted by molar-refractivity contribution is 0.635. The van der Waals surface area contributed by atoms with E-state index in [1.807, 2.05) is 6.07 Å². The standard InChI is InChI=1S/C21H24N6/c1-2-17-8-6-7-11-19(17)23-20-16-22-25-21(24-20)27-14-12-26(13-15-27)18-9-4-3-5-10-18/h3-11,16H,2,12-15H2,1H3,(H,23,24,25). The van der Waals surface area contributed by atoms with Gasteiger partial charge in [0.15, 0.2) is 5.82 Å². The van der Waals surface area contributed by atoms with Gasteiger partial charge in [0.25, 0.3) is 0 Å². The Labute approximate surface area is 159 Å². The van der Waals surface area contributed by atoms with Gasteiger partial charge in [-0.3, -0.25) is 0 Å². The summed E-state index contributed by atoms with van der Waals surface area (Å²) in [6.07, 6.45) is 2.64. The number of aryl methyl sites for hydroxylation is 1. The Morgan fingerprint density at radius 1 is 0.889 bits per heavy atom. The number of hydrogen-bond donors (Lipinski definition) is 1. The maximum Gasteiger partial charge on any atom is 0.247 e. The number of rotatable bonds is 5. The molecule has 1 aromatic heterocycles. The first-order chi connectivity index (χ1) is 13.3. The van der Waals surface area contributed by atoms with Gasteiger partial charge < -0.3 is 15.1 Å². The molecule has 0 aliphatic carbocycles. The van der Waals surface area contributed by atoms with Gasteiger partial charge in [0.1, 0.15) is 0 Å². The van der Waals surface area contributed by atoms with Crippen LogP contribution in [0, 0.1) is 0 Å². The van der Waals surface area contributed by atoms with E-state index in [1.54, 1.807) is 6.20 Å². The normalized spacial score (nSPS) is 14.3. The first kappa shape index (κ1) is 17.3. The van der Waals surface area contributed by atoms with E-state index in [0.717, 1.165) is 44.1 Å². The van der Waals surface area contributed by atoms with Gasteiger partial charge in [0, 0.05) is 37.6 Å². The van der Waals surface area contributed by atoms with Crippen LogP contribution < -0.4 is 15.1 Å². The molecule has 4 rings (SSSR count). The molecule has 0 amide bonds. The predicted molar refractivity (Wildman–Crippen MR) is 110 cm³/mol. The number of para-hydroxylation sites is 2. The molecule has 6 nitrogen and oxygen atoms in total. The van der Waals surface area contributed by atoms with Crippen molar-refractivity contribution in [2.24, 2.45) is 0 Å². The van der Waals surface area contributed by atoms with Crippen molar-refractivity contribution >= 4 is 23.1 Å². The lowest BCUT2D eigenvalue weighted by atomic mass is 10.1. The summed E-state index contributed by atoms with van der Waals surface area (Å²) in [5.74, 6) is 1.41. The lowest BCUT2D eigenvalue weighted by Gasteiger charge is -2.35. The van der Waals surface area contributed by atoms with Crippen molar-refractivity contribution in [3.05, 3.63) is 66.4 Å². The van der Waals surface area contributed by atoms with Crippen LogP contribution in [-0.4, -0.2) is 41.4 Å². The third-order valence-corrected chi connectivity index (χ3v) is 4.89. The number of piperazine rings is 1. The smallest absolute Gasteiger partial charge is 0.247 e. The largest absolute Gasteiger partial charge is 0.368 e. The van der Waals surface area contributed by atoms with E-state index in [0.29, 0.717) is 5.95 Å². The van der Waals surface area contributed by atoms with E-state index in [9.17, 15) is 0 Å². The number of anilines is 4. The molecule has 1 aliphatic rings. The fraction of sp³-hybridized carbons (Fsp3) is 0.286. The highest BCUT2D eigenvalue weighted by atomic mass is 15.4. The molecule has 0 radical (unpaired) electrons. The van der Waals surface area contributed by atoms with E-state index in [2.05, 4.69) is 85.8 Å². The zero-order valence-electron chi connectivity index (χ0n) is 15.5. The number of benzene rings is 2. The Balaban J connectivity index is 1.44. The second-order valence-electron chi connectivity index (χ2n) is 6.59. The second kappa shape index (κ2) is 8.03. The van der Waals surface area contributed by atoms with E-state index in [1.165, 1.54) is 11.3 Å². The van der Waals surface area contributed by atoms with Crippen molar-refractivity contribution in [3.63, 3.8) is 0 Å². The Morgan fingerprint density at radius 2 is 1.59 bits per heavy atom. The molecule has 0 unspecified atom stereocenters. The number of hydrogen-bond acceptors (Lipinski definition) is 6. The summed E-state index contributed by atoms with van der Waals surface area (Å²) in [6.45, 7) is 5.81. The molecule has 1 aliphatic heterocycles. The molecule has 3 aromatic rings. The van der Waals surface area contributed by atoms with Crippen molar-refractivity contribution in [1.82, 2.24) is 15.2 Å². The quantitative estimate of drug-likeness (QED) is 0.751. The highest BCUT2D eigenvalue weighted by molar-refractivity contribution is 5.60. The maximum atomic E-state index is 4.69. The Bertz CT molecular complexity index is 875. The summed E-state index contributed by atoms with van der Waals surface area (Å²) in [5.41, 5.74) is 3.59. The van der Waals surface area contributed by atoms with E-state index in [-0.39, 0.29) is 0 Å². The van der Waals surface area contributed by atoms with Crippen LogP contribution >= 0.6 is 0 Å². The molecular formula is C21H24N6. The van der Waals surface area contributed by atoms with Crippen LogP contribution in [0.2, 0.25) is 0 Å². The molecule has 6 heteroatoms. The Hall–Kier alpha value is -3.15. The number of nitrogens with one attached hydrogen (secondary N) is 1. The molecule has 1 saturated heterocycles. The van der Waals surface area contributed by atoms with Crippen LogP contribution in [0.5, 0.6) is 0 Å². The van der Waals surface area contributed by atoms with Crippen LogP contribution in [0.25, 0.3) is 0 Å². The molecule has 0 spiro atoms. The summed E-state index contributed by atoms with van der Waals surface area (Å²) < 4.78 is 0. The highest BCUT2D eigenvalue weighted by Crippen LogP contribution is 2.22. The van der Waals surface area contributed by atoms with Gasteiger partial charge in [-0.15, -0.1) is 5.10 Å². The molecule has 2 heterocycles. The molecule has 0 bridgehead atoms. The third kappa shape index (κ3) is 4.00. The number of aromatic nitrogens is 3. The molecule has 0 atom stereocenters. The third-order valence-electron chi connectivity index (χ3n) is 4.89. The van der Waals surface area contributed by atoms with Crippen LogP contribution in [0.1, 0.15) is 12.5 Å². The van der Waals surface area contributed by atoms with Crippen LogP contribution in [-0.2, 0) is 6.42 Å². The molecule has 0 saturated carbocycles. The van der Waals surface area contributed by atoms with Gasteiger partial charge in [-0.25, -0.2) is 0 Å². The Kier molecular flexibility index (Phi) is 5.14. The average Bonchev–Trinajstić information content (AvgIpc) is 2.75. The maximum absolute atomic E-state index is 4.69. The molecule has 1 N–H and O–H groups in total. The van der Waals surface area contributed by atoms with Gasteiger partial charge in [-0.1, -0.05) is 43.3 Å². The predicted octanol–water partition coefficient (Wildman–Crippen LogP) is 3.50. The van der Waals surface area contributed by atoms with Crippen molar-refractivity contribution in [1.29, 1.82) is 0 Å². The van der Waals surface area contributed by atoms with Crippen LogP contribution in [0.4, 0.5) is 23.1 Å². The van der Waals surface area contributed by atoms with Crippen molar-refractivity contribution in [2.75, 3.05) is 41.3 Å². The topological polar surface area (TPSA) is 57.2 Å². The molecular weight excluding hydrogens is 336 g/mol. The van der Waals surface area contributed by atoms with Crippen LogP contribution in [0.3, 0.4) is 0 Å². The molecule has 138 valence electrons. The van der Waals surface area contributed by atoms with E-state index in [4.69, 9.17) is 0 Å². The molecule has 1 fully saturated rings. The first-order valence-electron chi connectivity index (χ1n) is 9.43. The van der Waals surface area contributed by atoms with Crippen molar-refractivity contribution in [2.45, 2.75) is 13.3 Å². The molecule has 27 heavy (non-hydrogen) atoms. The van der Waals surface area contributed by atoms with Crippen molar-refractivity contribution in [3.8, 4) is 0 Å². The van der Waals surface area contributed by atoms with Crippen LogP contribution in [0.15, 0.2) is 60.8 Å². The van der Waals surface area contributed by atoms with Gasteiger partial charge in [0.05, 0.1) is 6.20 Å². The number of nitrogens with zero attached hydrogens (tertiary/aromatic N) is 5. The van der Waals surface area contributed by atoms with Gasteiger partial charge >= 0.3 is 0 Å².